The maximum absolute atomic E-state index is 4.82. The summed E-state index contributed by atoms with van der Waals surface area (Å²) in [6.45, 7) is 0. The number of hydrogen-bond donors (Lipinski definition) is 1. The van der Waals surface area contributed by atoms with E-state index < -0.39 is 0 Å². The highest BCUT2D eigenvalue weighted by Crippen LogP contribution is 2.28. The summed E-state index contributed by atoms with van der Waals surface area (Å²) in [5.74, 6) is 0. The Balaban J connectivity index is 2.00. The molecule has 0 aliphatic rings. The normalized spacial score (nSPS) is 12.7. The number of pyridine rings is 1. The molecule has 3 rings (SSSR count). The van der Waals surface area contributed by atoms with Gasteiger partial charge in [0.25, 0.3) is 0 Å². The standard InChI is InChI=1S/C16H15BrN2S/c1-18-15(8-11-6-7-20-10-11)16-13(17)9-12-4-2-3-5-14(12)19-16/h2-7,9-10,15,18H,8H2,1H3. The van der Waals surface area contributed by atoms with Crippen molar-refractivity contribution in [2.24, 2.45) is 0 Å². The van der Waals surface area contributed by atoms with Crippen LogP contribution in [0.25, 0.3) is 10.9 Å². The third kappa shape index (κ3) is 2.77. The van der Waals surface area contributed by atoms with Crippen LogP contribution in [0.5, 0.6) is 0 Å². The van der Waals surface area contributed by atoms with E-state index in [4.69, 9.17) is 4.98 Å². The van der Waals surface area contributed by atoms with Gasteiger partial charge in [-0.2, -0.15) is 11.3 Å². The molecule has 0 aliphatic heterocycles. The van der Waals surface area contributed by atoms with Crippen LogP contribution in [-0.2, 0) is 6.42 Å². The Morgan fingerprint density at radius 3 is 2.90 bits per heavy atom. The molecule has 0 aliphatic carbocycles. The summed E-state index contributed by atoms with van der Waals surface area (Å²) < 4.78 is 1.06. The van der Waals surface area contributed by atoms with E-state index in [1.807, 2.05) is 19.2 Å². The number of aromatic nitrogens is 1. The number of fused-ring (bicyclic) bond motifs is 1. The smallest absolute Gasteiger partial charge is 0.0725 e. The first-order valence-electron chi connectivity index (χ1n) is 6.51. The van der Waals surface area contributed by atoms with E-state index in [-0.39, 0.29) is 6.04 Å². The fourth-order valence-corrected chi connectivity index (χ4v) is 3.62. The highest BCUT2D eigenvalue weighted by Gasteiger charge is 2.16. The number of hydrogen-bond acceptors (Lipinski definition) is 3. The van der Waals surface area contributed by atoms with Gasteiger partial charge in [0.1, 0.15) is 0 Å². The number of rotatable bonds is 4. The molecule has 2 aromatic heterocycles. The Morgan fingerprint density at radius 1 is 1.30 bits per heavy atom. The molecule has 0 fully saturated rings. The zero-order valence-corrected chi connectivity index (χ0v) is 13.5. The van der Waals surface area contributed by atoms with Crippen LogP contribution in [0.15, 0.2) is 51.6 Å². The molecule has 1 aromatic carbocycles. The summed E-state index contributed by atoms with van der Waals surface area (Å²) in [5, 5.41) is 8.84. The van der Waals surface area contributed by atoms with Gasteiger partial charge < -0.3 is 5.32 Å². The lowest BCUT2D eigenvalue weighted by atomic mass is 10.0. The highest BCUT2D eigenvalue weighted by molar-refractivity contribution is 9.10. The Bertz CT molecular complexity index is 710. The third-order valence-electron chi connectivity index (χ3n) is 3.40. The topological polar surface area (TPSA) is 24.9 Å². The van der Waals surface area contributed by atoms with Crippen LogP contribution >= 0.6 is 27.3 Å². The Hall–Kier alpha value is -1.23. The maximum atomic E-state index is 4.82. The molecule has 20 heavy (non-hydrogen) atoms. The summed E-state index contributed by atoms with van der Waals surface area (Å²) in [6.07, 6.45) is 0.948. The first-order valence-corrected chi connectivity index (χ1v) is 8.25. The van der Waals surface area contributed by atoms with Crippen LogP contribution in [0, 0.1) is 0 Å². The zero-order valence-electron chi connectivity index (χ0n) is 11.1. The summed E-state index contributed by atoms with van der Waals surface area (Å²) in [5.41, 5.74) is 3.45. The molecule has 1 N–H and O–H groups in total. The molecule has 0 saturated heterocycles. The highest BCUT2D eigenvalue weighted by atomic mass is 79.9. The molecule has 0 saturated carbocycles. The minimum absolute atomic E-state index is 0.212. The number of para-hydroxylation sites is 1. The van der Waals surface area contributed by atoms with Crippen molar-refractivity contribution in [1.29, 1.82) is 0 Å². The van der Waals surface area contributed by atoms with Crippen molar-refractivity contribution in [2.45, 2.75) is 12.5 Å². The van der Waals surface area contributed by atoms with E-state index in [9.17, 15) is 0 Å². The number of halogens is 1. The van der Waals surface area contributed by atoms with E-state index in [1.165, 1.54) is 5.56 Å². The molecule has 2 nitrogen and oxygen atoms in total. The molecule has 0 bridgehead atoms. The lowest BCUT2D eigenvalue weighted by molar-refractivity contribution is 0.576. The van der Waals surface area contributed by atoms with Crippen molar-refractivity contribution in [3.8, 4) is 0 Å². The Morgan fingerprint density at radius 2 is 2.15 bits per heavy atom. The Kier molecular flexibility index (Phi) is 4.15. The van der Waals surface area contributed by atoms with Gasteiger partial charge >= 0.3 is 0 Å². The fourth-order valence-electron chi connectivity index (χ4n) is 2.33. The second kappa shape index (κ2) is 6.04. The molecule has 2 heterocycles. The molecular weight excluding hydrogens is 332 g/mol. The van der Waals surface area contributed by atoms with E-state index in [1.54, 1.807) is 11.3 Å². The van der Waals surface area contributed by atoms with Gasteiger partial charge in [0.2, 0.25) is 0 Å². The van der Waals surface area contributed by atoms with Crippen molar-refractivity contribution < 1.29 is 0 Å². The van der Waals surface area contributed by atoms with Crippen LogP contribution in [0.2, 0.25) is 0 Å². The summed E-state index contributed by atoms with van der Waals surface area (Å²) in [6, 6.07) is 12.7. The van der Waals surface area contributed by atoms with Crippen molar-refractivity contribution in [3.63, 3.8) is 0 Å². The molecule has 1 unspecified atom stereocenters. The first-order chi connectivity index (χ1) is 9.78. The molecule has 102 valence electrons. The van der Waals surface area contributed by atoms with E-state index >= 15 is 0 Å². The monoisotopic (exact) mass is 346 g/mol. The van der Waals surface area contributed by atoms with Gasteiger partial charge in [-0.25, -0.2) is 4.98 Å². The van der Waals surface area contributed by atoms with Crippen LogP contribution in [-0.4, -0.2) is 12.0 Å². The number of benzene rings is 1. The molecule has 4 heteroatoms. The SMILES string of the molecule is CNC(Cc1ccsc1)c1nc2ccccc2cc1Br. The molecule has 0 radical (unpaired) electrons. The number of thiophene rings is 1. The number of nitrogens with one attached hydrogen (secondary N) is 1. The van der Waals surface area contributed by atoms with Gasteiger partial charge in [-0.3, -0.25) is 0 Å². The second-order valence-electron chi connectivity index (χ2n) is 4.73. The minimum Gasteiger partial charge on any atom is -0.311 e. The lowest BCUT2D eigenvalue weighted by Gasteiger charge is -2.17. The number of likely N-dealkylation sites (N-methyl/N-ethyl adjacent to an activating group) is 1. The number of nitrogens with zero attached hydrogens (tertiary/aromatic N) is 1. The Labute approximate surface area is 131 Å². The maximum Gasteiger partial charge on any atom is 0.0725 e. The van der Waals surface area contributed by atoms with Crippen molar-refractivity contribution in [3.05, 3.63) is 62.9 Å². The van der Waals surface area contributed by atoms with Gasteiger partial charge in [-0.15, -0.1) is 0 Å². The van der Waals surface area contributed by atoms with Crippen LogP contribution in [0.1, 0.15) is 17.3 Å². The van der Waals surface area contributed by atoms with Crippen LogP contribution in [0.3, 0.4) is 0 Å². The van der Waals surface area contributed by atoms with E-state index in [2.05, 4.69) is 56.3 Å². The van der Waals surface area contributed by atoms with E-state index in [0.717, 1.165) is 27.5 Å². The largest absolute Gasteiger partial charge is 0.311 e. The van der Waals surface area contributed by atoms with Crippen LogP contribution in [0.4, 0.5) is 0 Å². The lowest BCUT2D eigenvalue weighted by Crippen LogP contribution is -2.20. The third-order valence-corrected chi connectivity index (χ3v) is 4.77. The second-order valence-corrected chi connectivity index (χ2v) is 6.36. The average molecular weight is 347 g/mol. The van der Waals surface area contributed by atoms with Crippen molar-refractivity contribution in [1.82, 2.24) is 10.3 Å². The van der Waals surface area contributed by atoms with Gasteiger partial charge in [0.15, 0.2) is 0 Å². The van der Waals surface area contributed by atoms with Gasteiger partial charge in [0.05, 0.1) is 17.3 Å². The van der Waals surface area contributed by atoms with Gasteiger partial charge in [-0.05, 0) is 63.9 Å². The molecule has 3 aromatic rings. The summed E-state index contributed by atoms with van der Waals surface area (Å²) in [7, 11) is 1.99. The molecule has 0 amide bonds. The van der Waals surface area contributed by atoms with Crippen LogP contribution < -0.4 is 5.32 Å². The van der Waals surface area contributed by atoms with Gasteiger partial charge in [0, 0.05) is 9.86 Å². The van der Waals surface area contributed by atoms with Crippen molar-refractivity contribution >= 4 is 38.2 Å². The first kappa shape index (κ1) is 13.7. The predicted molar refractivity (Wildman–Crippen MR) is 89.3 cm³/mol. The minimum atomic E-state index is 0.212. The molecule has 0 spiro atoms. The van der Waals surface area contributed by atoms with Gasteiger partial charge in [-0.1, -0.05) is 18.2 Å². The molecular formula is C16H15BrN2S. The summed E-state index contributed by atoms with van der Waals surface area (Å²) in [4.78, 5) is 4.82. The average Bonchev–Trinajstić information content (AvgIpc) is 2.97. The van der Waals surface area contributed by atoms with Crippen molar-refractivity contribution in [2.75, 3.05) is 7.05 Å². The van der Waals surface area contributed by atoms with E-state index in [0.29, 0.717) is 0 Å². The molecule has 1 atom stereocenters. The predicted octanol–water partition coefficient (Wildman–Crippen LogP) is 4.56. The quantitative estimate of drug-likeness (QED) is 0.748. The summed E-state index contributed by atoms with van der Waals surface area (Å²) >= 11 is 5.40. The fraction of sp³-hybridized carbons (Fsp3) is 0.188. The zero-order chi connectivity index (χ0) is 13.9.